The van der Waals surface area contributed by atoms with Crippen LogP contribution in [0.3, 0.4) is 0 Å². The highest BCUT2D eigenvalue weighted by molar-refractivity contribution is 6.25. The lowest BCUT2D eigenvalue weighted by Gasteiger charge is -1.97. The molecule has 0 aliphatic carbocycles. The Morgan fingerprint density at radius 2 is 1.22 bits per heavy atom. The zero-order valence-electron chi connectivity index (χ0n) is 4.03. The molecular weight excluding hydrogens is 132 g/mol. The molecule has 0 atom stereocenters. The Balaban J connectivity index is 0. The maximum absolute atomic E-state index is 8.93. The lowest BCUT2D eigenvalue weighted by molar-refractivity contribution is -0.345. The van der Waals surface area contributed by atoms with Gasteiger partial charge < -0.3 is 29.7 Å². The van der Waals surface area contributed by atoms with Gasteiger partial charge >= 0.3 is 0 Å². The van der Waals surface area contributed by atoms with Crippen LogP contribution in [0.5, 0.6) is 0 Å². The van der Waals surface area contributed by atoms with E-state index in [2.05, 4.69) is 0 Å². The van der Waals surface area contributed by atoms with Crippen LogP contribution in [0.1, 0.15) is 0 Å². The third-order valence-corrected chi connectivity index (χ3v) is 0.167. The predicted octanol–water partition coefficient (Wildman–Crippen LogP) is -5.15. The number of aliphatic carboxylic acids is 2. The first kappa shape index (κ1) is 10.4. The van der Waals surface area contributed by atoms with Gasteiger partial charge in [0, 0.05) is 6.47 Å². The molecule has 0 aliphatic heterocycles. The molecule has 6 heteroatoms. The Morgan fingerprint density at radius 3 is 1.22 bits per heavy atom. The normalized spacial score (nSPS) is 6.22. The van der Waals surface area contributed by atoms with Crippen LogP contribution in [0.2, 0.25) is 0 Å². The first-order valence-electron chi connectivity index (χ1n) is 1.54. The topological polar surface area (TPSA) is 120 Å². The van der Waals surface area contributed by atoms with Gasteiger partial charge in [0.25, 0.3) is 0 Å². The molecule has 0 unspecified atom stereocenters. The molecule has 0 aromatic carbocycles. The van der Waals surface area contributed by atoms with Crippen LogP contribution in [-0.2, 0) is 14.4 Å². The second-order valence-corrected chi connectivity index (χ2v) is 0.671. The third-order valence-electron chi connectivity index (χ3n) is 0.167. The summed E-state index contributed by atoms with van der Waals surface area (Å²) in [5.74, 6) is -4.37. The average molecular weight is 133 g/mol. The van der Waals surface area contributed by atoms with Gasteiger partial charge in [0.15, 0.2) is 0 Å². The first-order valence-corrected chi connectivity index (χ1v) is 1.54. The summed E-state index contributed by atoms with van der Waals surface area (Å²) < 4.78 is 0. The minimum absolute atomic E-state index is 0.500. The Labute approximate surface area is 49.3 Å². The SMILES string of the molecule is O=C([O-])C(=O)[O-].O=C[O-]. The number of carbonyl (C=O) groups is 3. The van der Waals surface area contributed by atoms with Crippen molar-refractivity contribution >= 4 is 18.4 Å². The number of hydrogen-bond acceptors (Lipinski definition) is 6. The highest BCUT2D eigenvalue weighted by atomic mass is 16.4. The van der Waals surface area contributed by atoms with Crippen molar-refractivity contribution in [1.82, 2.24) is 0 Å². The number of carbonyl (C=O) groups excluding carboxylic acids is 3. The van der Waals surface area contributed by atoms with Gasteiger partial charge in [-0.05, 0) is 0 Å². The van der Waals surface area contributed by atoms with Crippen LogP contribution < -0.4 is 15.3 Å². The number of hydrogen-bond donors (Lipinski definition) is 0. The van der Waals surface area contributed by atoms with E-state index in [0.717, 1.165) is 0 Å². The highest BCUT2D eigenvalue weighted by Crippen LogP contribution is 1.41. The first-order chi connectivity index (χ1) is 4.06. The summed E-state index contributed by atoms with van der Waals surface area (Å²) in [5, 5.41) is 26.1. The third kappa shape index (κ3) is 21.5. The molecule has 0 heterocycles. The number of carboxylic acids is 2. The van der Waals surface area contributed by atoms with Crippen molar-refractivity contribution in [2.24, 2.45) is 0 Å². The van der Waals surface area contributed by atoms with E-state index in [1.165, 1.54) is 0 Å². The van der Waals surface area contributed by atoms with Crippen molar-refractivity contribution in [2.75, 3.05) is 0 Å². The molecule has 0 aliphatic rings. The predicted molar refractivity (Wildman–Crippen MR) is 16.1 cm³/mol. The van der Waals surface area contributed by atoms with Crippen molar-refractivity contribution in [3.8, 4) is 0 Å². The molecule has 0 radical (unpaired) electrons. The number of carboxylic acid groups (broad SMARTS) is 3. The molecule has 0 amide bonds. The monoisotopic (exact) mass is 133 g/mol. The molecule has 6 nitrogen and oxygen atoms in total. The second kappa shape index (κ2) is 6.41. The average Bonchev–Trinajstić information content (AvgIpc) is 1.68. The van der Waals surface area contributed by atoms with Gasteiger partial charge in [-0.15, -0.1) is 0 Å². The van der Waals surface area contributed by atoms with E-state index in [9.17, 15) is 0 Å². The van der Waals surface area contributed by atoms with E-state index in [1.54, 1.807) is 0 Å². The fourth-order valence-electron chi connectivity index (χ4n) is 0. The summed E-state index contributed by atoms with van der Waals surface area (Å²) in [6.45, 7) is -0.500. The van der Waals surface area contributed by atoms with Crippen molar-refractivity contribution in [3.63, 3.8) is 0 Å². The largest absolute Gasteiger partial charge is 0.554 e. The Morgan fingerprint density at radius 1 is 1.11 bits per heavy atom. The fraction of sp³-hybridized carbons (Fsp3) is 0. The molecule has 0 rings (SSSR count). The smallest absolute Gasteiger partial charge is 0.0870 e. The molecule has 9 heavy (non-hydrogen) atoms. The van der Waals surface area contributed by atoms with E-state index >= 15 is 0 Å². The maximum atomic E-state index is 8.93. The highest BCUT2D eigenvalue weighted by Gasteiger charge is 1.74. The van der Waals surface area contributed by atoms with Crippen LogP contribution >= 0.6 is 0 Å². The summed E-state index contributed by atoms with van der Waals surface area (Å²) in [4.78, 5) is 26.1. The van der Waals surface area contributed by atoms with Gasteiger partial charge in [0.2, 0.25) is 0 Å². The molecule has 0 saturated heterocycles. The Hall–Kier alpha value is -1.59. The van der Waals surface area contributed by atoms with E-state index in [-0.39, 0.29) is 0 Å². The van der Waals surface area contributed by atoms with E-state index in [1.807, 2.05) is 0 Å². The minimum Gasteiger partial charge on any atom is -0.554 e. The lowest BCUT2D eigenvalue weighted by Crippen LogP contribution is -2.42. The summed E-state index contributed by atoms with van der Waals surface area (Å²) >= 11 is 0. The van der Waals surface area contributed by atoms with Gasteiger partial charge in [-0.3, -0.25) is 0 Å². The minimum atomic E-state index is -2.19. The fourth-order valence-corrected chi connectivity index (χ4v) is 0. The molecule has 0 saturated carbocycles. The molecule has 0 spiro atoms. The summed E-state index contributed by atoms with van der Waals surface area (Å²) in [6, 6.07) is 0. The molecule has 0 aromatic heterocycles. The van der Waals surface area contributed by atoms with Crippen molar-refractivity contribution < 1.29 is 29.7 Å². The van der Waals surface area contributed by atoms with Crippen LogP contribution in [-0.4, -0.2) is 18.4 Å². The van der Waals surface area contributed by atoms with E-state index < -0.39 is 18.4 Å². The zero-order valence-corrected chi connectivity index (χ0v) is 4.03. The zero-order chi connectivity index (χ0) is 7.86. The van der Waals surface area contributed by atoms with Gasteiger partial charge in [-0.1, -0.05) is 0 Å². The summed E-state index contributed by atoms with van der Waals surface area (Å²) in [6.07, 6.45) is 0. The molecule has 0 bridgehead atoms. The molecule has 0 fully saturated rings. The van der Waals surface area contributed by atoms with Gasteiger partial charge in [-0.25, -0.2) is 0 Å². The Bertz CT molecular complexity index is 103. The molecule has 0 aromatic rings. The van der Waals surface area contributed by atoms with Crippen LogP contribution in [0.25, 0.3) is 0 Å². The summed E-state index contributed by atoms with van der Waals surface area (Å²) in [5.41, 5.74) is 0. The molecular formula is C3HO6-3. The summed E-state index contributed by atoms with van der Waals surface area (Å²) in [7, 11) is 0. The van der Waals surface area contributed by atoms with Gasteiger partial charge in [-0.2, -0.15) is 0 Å². The number of rotatable bonds is 0. The van der Waals surface area contributed by atoms with E-state index in [0.29, 0.717) is 0 Å². The quantitative estimate of drug-likeness (QED) is 0.240. The Kier molecular flexibility index (Phi) is 7.41. The lowest BCUT2D eigenvalue weighted by atomic mass is 10.7. The van der Waals surface area contributed by atoms with Gasteiger partial charge in [0.1, 0.15) is 0 Å². The molecule has 52 valence electrons. The molecule has 0 N–H and O–H groups in total. The van der Waals surface area contributed by atoms with Crippen molar-refractivity contribution in [2.45, 2.75) is 0 Å². The second-order valence-electron chi connectivity index (χ2n) is 0.671. The van der Waals surface area contributed by atoms with Crippen molar-refractivity contribution in [1.29, 1.82) is 0 Å². The van der Waals surface area contributed by atoms with Crippen molar-refractivity contribution in [3.05, 3.63) is 0 Å². The van der Waals surface area contributed by atoms with Gasteiger partial charge in [0.05, 0.1) is 11.9 Å². The van der Waals surface area contributed by atoms with Crippen LogP contribution in [0.15, 0.2) is 0 Å². The maximum Gasteiger partial charge on any atom is 0.0870 e. The van der Waals surface area contributed by atoms with Crippen LogP contribution in [0, 0.1) is 0 Å². The van der Waals surface area contributed by atoms with Crippen LogP contribution in [0.4, 0.5) is 0 Å². The standard InChI is InChI=1S/C2H2O4.CH2O2/c3-1(4)2(5)6;2-1-3/h(H,3,4)(H,5,6);1H,(H,2,3)/p-3. The van der Waals surface area contributed by atoms with E-state index in [4.69, 9.17) is 29.7 Å².